The van der Waals surface area contributed by atoms with Gasteiger partial charge >= 0.3 is 0 Å². The average molecular weight is 262 g/mol. The maximum absolute atomic E-state index is 11.9. The van der Waals surface area contributed by atoms with Crippen LogP contribution >= 0.6 is 0 Å². The first kappa shape index (κ1) is 13.8. The minimum Gasteiger partial charge on any atom is -0.352 e. The molecular weight excluding hydrogens is 240 g/mol. The van der Waals surface area contributed by atoms with E-state index in [1.54, 1.807) is 6.07 Å². The average Bonchev–Trinajstić information content (AvgIpc) is 3.22. The minimum atomic E-state index is -0.268. The number of rotatable bonds is 7. The molecule has 1 aromatic heterocycles. The number of aromatic amines is 1. The van der Waals surface area contributed by atoms with Gasteiger partial charge in [0.25, 0.3) is 11.5 Å². The minimum absolute atomic E-state index is 0.222. The molecule has 1 heterocycles. The Morgan fingerprint density at radius 3 is 2.74 bits per heavy atom. The van der Waals surface area contributed by atoms with Crippen molar-refractivity contribution in [3.8, 4) is 0 Å². The Labute approximate surface area is 113 Å². The van der Waals surface area contributed by atoms with Crippen molar-refractivity contribution in [1.82, 2.24) is 10.3 Å². The number of amides is 1. The molecule has 1 amide bonds. The summed E-state index contributed by atoms with van der Waals surface area (Å²) in [6.07, 6.45) is 6.73. The highest BCUT2D eigenvalue weighted by molar-refractivity contribution is 5.93. The lowest BCUT2D eigenvalue weighted by atomic mass is 10.2. The zero-order chi connectivity index (χ0) is 13.7. The molecule has 4 nitrogen and oxygen atoms in total. The third-order valence-corrected chi connectivity index (χ3v) is 3.51. The number of nitrogens with one attached hydrogen (secondary N) is 2. The number of carbonyl (C=O) groups is 1. The highest BCUT2D eigenvalue weighted by Crippen LogP contribution is 2.38. The normalized spacial score (nSPS) is 14.4. The Kier molecular flexibility index (Phi) is 4.77. The molecule has 1 aromatic rings. The topological polar surface area (TPSA) is 62.0 Å². The van der Waals surface area contributed by atoms with Crippen LogP contribution < -0.4 is 10.9 Å². The van der Waals surface area contributed by atoms with E-state index in [-0.39, 0.29) is 17.0 Å². The van der Waals surface area contributed by atoms with E-state index < -0.39 is 0 Å². The van der Waals surface area contributed by atoms with Gasteiger partial charge < -0.3 is 10.3 Å². The zero-order valence-corrected chi connectivity index (χ0v) is 11.5. The largest absolute Gasteiger partial charge is 0.352 e. The van der Waals surface area contributed by atoms with Gasteiger partial charge in [-0.2, -0.15) is 0 Å². The molecule has 104 valence electrons. The number of pyridine rings is 1. The Morgan fingerprint density at radius 1 is 1.32 bits per heavy atom. The molecule has 0 bridgehead atoms. The molecule has 0 radical (unpaired) electrons. The van der Waals surface area contributed by atoms with Gasteiger partial charge in [-0.1, -0.05) is 26.2 Å². The molecule has 19 heavy (non-hydrogen) atoms. The summed E-state index contributed by atoms with van der Waals surface area (Å²) in [4.78, 5) is 26.5. The number of hydrogen-bond acceptors (Lipinski definition) is 2. The predicted octanol–water partition coefficient (Wildman–Crippen LogP) is 2.56. The number of hydrogen-bond donors (Lipinski definition) is 2. The zero-order valence-electron chi connectivity index (χ0n) is 11.5. The lowest BCUT2D eigenvalue weighted by molar-refractivity contribution is 0.0951. The number of H-pyrrole nitrogens is 1. The van der Waals surface area contributed by atoms with Crippen molar-refractivity contribution in [3.63, 3.8) is 0 Å². The second-order valence-corrected chi connectivity index (χ2v) is 5.25. The summed E-state index contributed by atoms with van der Waals surface area (Å²) < 4.78 is 0. The lowest BCUT2D eigenvalue weighted by Gasteiger charge is -2.05. The van der Waals surface area contributed by atoms with Crippen LogP contribution in [0.3, 0.4) is 0 Å². The van der Waals surface area contributed by atoms with E-state index in [9.17, 15) is 9.59 Å². The lowest BCUT2D eigenvalue weighted by Crippen LogP contribution is -2.30. The van der Waals surface area contributed by atoms with Gasteiger partial charge in [0.2, 0.25) is 0 Å². The molecule has 2 rings (SSSR count). The van der Waals surface area contributed by atoms with Crippen molar-refractivity contribution in [2.45, 2.75) is 51.4 Å². The smallest absolute Gasteiger partial charge is 0.261 e. The number of carbonyl (C=O) groups excluding carboxylic acids is 1. The van der Waals surface area contributed by atoms with Crippen LogP contribution in [0.15, 0.2) is 16.9 Å². The van der Waals surface area contributed by atoms with Crippen LogP contribution in [-0.2, 0) is 0 Å². The van der Waals surface area contributed by atoms with Crippen molar-refractivity contribution in [2.24, 2.45) is 0 Å². The Hall–Kier alpha value is -1.58. The van der Waals surface area contributed by atoms with E-state index in [2.05, 4.69) is 17.2 Å². The molecule has 0 aliphatic heterocycles. The summed E-state index contributed by atoms with van der Waals surface area (Å²) in [5, 5.41) is 2.80. The molecule has 0 unspecified atom stereocenters. The van der Waals surface area contributed by atoms with Crippen LogP contribution in [0.5, 0.6) is 0 Å². The van der Waals surface area contributed by atoms with Gasteiger partial charge in [-0.05, 0) is 37.3 Å². The van der Waals surface area contributed by atoms with Crippen LogP contribution in [0, 0.1) is 0 Å². The van der Waals surface area contributed by atoms with E-state index in [4.69, 9.17) is 0 Å². The highest BCUT2D eigenvalue weighted by atomic mass is 16.2. The molecule has 0 saturated heterocycles. The molecule has 4 heteroatoms. The van der Waals surface area contributed by atoms with Gasteiger partial charge in [-0.15, -0.1) is 0 Å². The molecule has 1 fully saturated rings. The second kappa shape index (κ2) is 6.55. The fraction of sp³-hybridized carbons (Fsp3) is 0.600. The van der Waals surface area contributed by atoms with Crippen LogP contribution in [-0.4, -0.2) is 17.4 Å². The molecule has 1 aliphatic rings. The van der Waals surface area contributed by atoms with E-state index in [1.165, 1.54) is 12.8 Å². The summed E-state index contributed by atoms with van der Waals surface area (Å²) in [5.74, 6) is 0.235. The quantitative estimate of drug-likeness (QED) is 0.742. The van der Waals surface area contributed by atoms with Gasteiger partial charge in [-0.3, -0.25) is 9.59 Å². The van der Waals surface area contributed by atoms with Crippen molar-refractivity contribution < 1.29 is 4.79 Å². The highest BCUT2D eigenvalue weighted by Gasteiger charge is 2.25. The van der Waals surface area contributed by atoms with Crippen molar-refractivity contribution in [3.05, 3.63) is 33.7 Å². The molecule has 1 saturated carbocycles. The molecule has 0 spiro atoms. The molecule has 0 aromatic carbocycles. The van der Waals surface area contributed by atoms with Gasteiger partial charge in [0.1, 0.15) is 5.56 Å². The summed E-state index contributed by atoms with van der Waals surface area (Å²) in [6, 6.07) is 3.51. The maximum atomic E-state index is 11.9. The Bertz CT molecular complexity index is 489. The molecule has 1 aliphatic carbocycles. The standard InChI is InChI=1S/C15H22N2O2/c1-2-3-4-5-10-16-14(18)12-8-9-13(11-6-7-11)17-15(12)19/h8-9,11H,2-7,10H2,1H3,(H,16,18)(H,17,19). The van der Waals surface area contributed by atoms with Gasteiger partial charge in [-0.25, -0.2) is 0 Å². The van der Waals surface area contributed by atoms with E-state index in [1.807, 2.05) is 6.07 Å². The third kappa shape index (κ3) is 3.94. The third-order valence-electron chi connectivity index (χ3n) is 3.51. The first-order valence-corrected chi connectivity index (χ1v) is 7.23. The summed E-state index contributed by atoms with van der Waals surface area (Å²) >= 11 is 0. The van der Waals surface area contributed by atoms with Gasteiger partial charge in [0, 0.05) is 12.2 Å². The first-order chi connectivity index (χ1) is 9.22. The predicted molar refractivity (Wildman–Crippen MR) is 75.5 cm³/mol. The number of aromatic nitrogens is 1. The van der Waals surface area contributed by atoms with Crippen molar-refractivity contribution in [1.29, 1.82) is 0 Å². The first-order valence-electron chi connectivity index (χ1n) is 7.23. The number of unbranched alkanes of at least 4 members (excludes halogenated alkanes) is 3. The molecular formula is C15H22N2O2. The van der Waals surface area contributed by atoms with Crippen molar-refractivity contribution >= 4 is 5.91 Å². The summed E-state index contributed by atoms with van der Waals surface area (Å²) in [7, 11) is 0. The maximum Gasteiger partial charge on any atom is 0.261 e. The summed E-state index contributed by atoms with van der Waals surface area (Å²) in [5.41, 5.74) is 0.917. The molecule has 0 atom stereocenters. The van der Waals surface area contributed by atoms with E-state index in [0.29, 0.717) is 12.5 Å². The SMILES string of the molecule is CCCCCCNC(=O)c1ccc(C2CC2)[nH]c1=O. The van der Waals surface area contributed by atoms with Crippen LogP contribution in [0.4, 0.5) is 0 Å². The van der Waals surface area contributed by atoms with Gasteiger partial charge in [0.05, 0.1) is 0 Å². The fourth-order valence-corrected chi connectivity index (χ4v) is 2.15. The second-order valence-electron chi connectivity index (χ2n) is 5.25. The van der Waals surface area contributed by atoms with E-state index in [0.717, 1.165) is 31.4 Å². The van der Waals surface area contributed by atoms with Crippen LogP contribution in [0.1, 0.15) is 67.4 Å². The monoisotopic (exact) mass is 262 g/mol. The Morgan fingerprint density at radius 2 is 2.11 bits per heavy atom. The van der Waals surface area contributed by atoms with Crippen LogP contribution in [0.25, 0.3) is 0 Å². The fourth-order valence-electron chi connectivity index (χ4n) is 2.15. The molecule has 2 N–H and O–H groups in total. The van der Waals surface area contributed by atoms with Crippen molar-refractivity contribution in [2.75, 3.05) is 6.54 Å². The van der Waals surface area contributed by atoms with E-state index >= 15 is 0 Å². The Balaban J connectivity index is 1.86. The van der Waals surface area contributed by atoms with Crippen LogP contribution in [0.2, 0.25) is 0 Å². The summed E-state index contributed by atoms with van der Waals surface area (Å²) in [6.45, 7) is 2.79. The van der Waals surface area contributed by atoms with Gasteiger partial charge in [0.15, 0.2) is 0 Å².